The smallest absolute Gasteiger partial charge is 0.793 e. The molecule has 0 aliphatic heterocycles. The summed E-state index contributed by atoms with van der Waals surface area (Å²) >= 11 is 0. The second kappa shape index (κ2) is 21.5. The molecule has 0 spiro atoms. The van der Waals surface area contributed by atoms with Crippen molar-refractivity contribution in [3.8, 4) is 0 Å². The Morgan fingerprint density at radius 2 is 0.406 bits per heavy atom. The van der Waals surface area contributed by atoms with Crippen molar-refractivity contribution in [3.05, 3.63) is 206 Å². The Kier molecular flexibility index (Phi) is 17.3. The molecule has 326 valence electrons. The Morgan fingerprint density at radius 3 is 0.516 bits per heavy atom. The van der Waals surface area contributed by atoms with Gasteiger partial charge in [-0.15, -0.1) is 0 Å². The number of non-ortho nitro benzene ring substituents is 6. The van der Waals surface area contributed by atoms with Gasteiger partial charge in [-0.3, -0.25) is 60.7 Å². The van der Waals surface area contributed by atoms with Crippen molar-refractivity contribution < 1.29 is 57.9 Å². The van der Waals surface area contributed by atoms with Gasteiger partial charge in [0.1, 0.15) is 0 Å². The van der Waals surface area contributed by atoms with Crippen molar-refractivity contribution in [3.63, 3.8) is 0 Å². The standard InChI is InChI=1S/3C12H9N2O6P.Bi/c3*15-13(16)9-3-1-5-11(7-9)21(19,20)12-6-2-4-10(8-12)14(17)18;/h3*1-8H,(H,19,20);/q;;;+3/p-3. The van der Waals surface area contributed by atoms with Gasteiger partial charge in [0.25, 0.3) is 34.1 Å². The van der Waals surface area contributed by atoms with E-state index in [4.69, 9.17) is 0 Å². The molecule has 0 saturated carbocycles. The number of rotatable bonds is 12. The number of hydrogen-bond donors (Lipinski definition) is 0. The summed E-state index contributed by atoms with van der Waals surface area (Å²) in [6.07, 6.45) is 0. The molecule has 6 aromatic carbocycles. The predicted molar refractivity (Wildman–Crippen MR) is 225 cm³/mol. The molecule has 24 nitrogen and oxygen atoms in total. The van der Waals surface area contributed by atoms with Gasteiger partial charge in [0, 0.05) is 105 Å². The zero-order valence-corrected chi connectivity index (χ0v) is 37.8. The molecule has 2 radical (unpaired) electrons. The van der Waals surface area contributed by atoms with E-state index in [9.17, 15) is 89.1 Å². The van der Waals surface area contributed by atoms with Gasteiger partial charge in [0.2, 0.25) is 0 Å². The molecule has 0 saturated heterocycles. The minimum Gasteiger partial charge on any atom is -0.793 e. The van der Waals surface area contributed by atoms with Crippen molar-refractivity contribution in [1.29, 1.82) is 0 Å². The summed E-state index contributed by atoms with van der Waals surface area (Å²) in [5, 5.41) is 62.5. The largest absolute Gasteiger partial charge is 3.00 e. The van der Waals surface area contributed by atoms with Crippen LogP contribution in [0.3, 0.4) is 0 Å². The van der Waals surface area contributed by atoms with Crippen LogP contribution in [0, 0.1) is 60.7 Å². The molecular weight excluding hydrogens is 1110 g/mol. The Bertz CT molecular complexity index is 2460. The average molecular weight is 1130 g/mol. The topological polar surface area (TPSA) is 379 Å². The first kappa shape index (κ1) is 51.5. The van der Waals surface area contributed by atoms with E-state index in [0.29, 0.717) is 0 Å². The molecule has 0 unspecified atom stereocenters. The van der Waals surface area contributed by atoms with Gasteiger partial charge in [-0.05, 0) is 0 Å². The Morgan fingerprint density at radius 1 is 0.281 bits per heavy atom. The summed E-state index contributed by atoms with van der Waals surface area (Å²) in [5.41, 5.74) is -2.20. The van der Waals surface area contributed by atoms with Gasteiger partial charge >= 0.3 is 26.2 Å². The third-order valence-corrected chi connectivity index (χ3v) is 14.0. The van der Waals surface area contributed by atoms with E-state index in [-0.39, 0.29) is 92.2 Å². The first-order valence-electron chi connectivity index (χ1n) is 16.9. The van der Waals surface area contributed by atoms with E-state index in [1.807, 2.05) is 0 Å². The molecule has 0 fully saturated rings. The van der Waals surface area contributed by atoms with Crippen LogP contribution in [0.2, 0.25) is 0 Å². The molecule has 0 N–H and O–H groups in total. The molecule has 0 aliphatic rings. The second-order valence-corrected chi connectivity index (χ2v) is 18.7. The summed E-state index contributed by atoms with van der Waals surface area (Å²) in [6.45, 7) is 0. The normalized spacial score (nSPS) is 10.9. The van der Waals surface area contributed by atoms with Crippen LogP contribution in [0.25, 0.3) is 0 Å². The SMILES string of the molecule is O=[N+]([O-])c1cccc(P(=O)([O-])c2cccc([N+](=O)[O-])c2)c1.O=[N+]([O-])c1cccc(P(=O)([O-])c2cccc([N+](=O)[O-])c2)c1.O=[N+]([O-])c1cccc(P(=O)([O-])c2cccc([N+](=O)[O-])c2)c1.[Bi+3]. The maximum atomic E-state index is 12.4. The number of nitro benzene ring substituents is 6. The van der Waals surface area contributed by atoms with E-state index in [1.165, 1.54) is 72.8 Å². The number of nitro groups is 6. The predicted octanol–water partition coefficient (Wildman–Crippen LogP) is 2.90. The first-order valence-corrected chi connectivity index (χ1v) is 21.8. The van der Waals surface area contributed by atoms with Crippen molar-refractivity contribution >= 4 is 114 Å². The van der Waals surface area contributed by atoms with E-state index >= 15 is 0 Å². The fraction of sp³-hybridized carbons (Fsp3) is 0. The molecule has 0 atom stereocenters. The molecule has 6 aromatic rings. The van der Waals surface area contributed by atoms with Crippen LogP contribution >= 0.6 is 22.1 Å². The van der Waals surface area contributed by atoms with E-state index in [1.54, 1.807) is 0 Å². The Labute approximate surface area is 376 Å². The Hall–Kier alpha value is -6.83. The molecule has 0 amide bonds. The third kappa shape index (κ3) is 12.6. The van der Waals surface area contributed by atoms with Crippen LogP contribution in [0.15, 0.2) is 146 Å². The molecule has 64 heavy (non-hydrogen) atoms. The van der Waals surface area contributed by atoms with Crippen LogP contribution in [0.1, 0.15) is 0 Å². The maximum Gasteiger partial charge on any atom is 3.00 e. The van der Waals surface area contributed by atoms with Gasteiger partial charge in [-0.1, -0.05) is 72.8 Å². The summed E-state index contributed by atoms with van der Waals surface area (Å²) in [4.78, 5) is 96.9. The number of nitrogens with zero attached hydrogens (tertiary/aromatic N) is 6. The van der Waals surface area contributed by atoms with Gasteiger partial charge in [-0.2, -0.15) is 0 Å². The molecule has 0 aliphatic carbocycles. The summed E-state index contributed by atoms with van der Waals surface area (Å²) in [5.74, 6) is 0. The van der Waals surface area contributed by atoms with Crippen LogP contribution in [-0.2, 0) is 13.7 Å². The fourth-order valence-corrected chi connectivity index (χ4v) is 9.59. The maximum absolute atomic E-state index is 12.4. The molecule has 0 bridgehead atoms. The zero-order chi connectivity index (χ0) is 46.9. The fourth-order valence-electron chi connectivity index (χ4n) is 5.19. The van der Waals surface area contributed by atoms with Gasteiger partial charge in [0.15, 0.2) is 0 Å². The second-order valence-electron chi connectivity index (χ2n) is 12.3. The minimum atomic E-state index is -4.39. The van der Waals surface area contributed by atoms with Crippen molar-refractivity contribution in [2.45, 2.75) is 0 Å². The van der Waals surface area contributed by atoms with E-state index in [0.717, 1.165) is 72.8 Å². The number of benzene rings is 6. The van der Waals surface area contributed by atoms with Crippen molar-refractivity contribution in [2.75, 3.05) is 0 Å². The van der Waals surface area contributed by atoms with E-state index < -0.39 is 51.6 Å². The zero-order valence-electron chi connectivity index (χ0n) is 31.7. The summed E-state index contributed by atoms with van der Waals surface area (Å²) < 4.78 is 37.1. The van der Waals surface area contributed by atoms with Gasteiger partial charge in [0.05, 0.1) is 51.6 Å². The molecule has 0 aromatic heterocycles. The average Bonchev–Trinajstić information content (AvgIpc) is 3.27. The Balaban J connectivity index is 0.000000253. The van der Waals surface area contributed by atoms with Gasteiger partial charge < -0.3 is 28.4 Å². The molecule has 28 heteroatoms. The third-order valence-electron chi connectivity index (χ3n) is 8.28. The van der Waals surface area contributed by atoms with Crippen LogP contribution < -0.4 is 46.5 Å². The van der Waals surface area contributed by atoms with Gasteiger partial charge in [-0.25, -0.2) is 0 Å². The summed E-state index contributed by atoms with van der Waals surface area (Å²) in [6, 6.07) is 27.2. The molecule has 6 rings (SSSR count). The first-order chi connectivity index (χ1) is 29.5. The monoisotopic (exact) mass is 1130 g/mol. The summed E-state index contributed by atoms with van der Waals surface area (Å²) in [7, 11) is -13.2. The van der Waals surface area contributed by atoms with Crippen molar-refractivity contribution in [1.82, 2.24) is 0 Å². The quantitative estimate of drug-likeness (QED) is 0.0735. The van der Waals surface area contributed by atoms with Crippen LogP contribution in [-0.4, -0.2) is 55.7 Å². The van der Waals surface area contributed by atoms with Crippen LogP contribution in [0.4, 0.5) is 34.1 Å². The van der Waals surface area contributed by atoms with E-state index in [2.05, 4.69) is 0 Å². The van der Waals surface area contributed by atoms with Crippen molar-refractivity contribution in [2.24, 2.45) is 0 Å². The molecule has 0 heterocycles. The number of hydrogen-bond acceptors (Lipinski definition) is 18. The molecular formula is C36H24BiN6O18P3. The van der Waals surface area contributed by atoms with Crippen LogP contribution in [0.5, 0.6) is 0 Å². The minimum absolute atomic E-state index is 0.